The number of nitrogens with one attached hydrogen (secondary N) is 1. The zero-order chi connectivity index (χ0) is 15.8. The summed E-state index contributed by atoms with van der Waals surface area (Å²) in [6.45, 7) is 7.42. The molecule has 0 aliphatic carbocycles. The van der Waals surface area contributed by atoms with Gasteiger partial charge in [-0.15, -0.1) is 0 Å². The first-order valence-corrected chi connectivity index (χ1v) is 6.67. The van der Waals surface area contributed by atoms with Crippen LogP contribution in [0, 0.1) is 6.92 Å². The summed E-state index contributed by atoms with van der Waals surface area (Å²) in [5, 5.41) is 12.3. The predicted molar refractivity (Wildman–Crippen MR) is 74.6 cm³/mol. The molecule has 114 valence electrons. The Balaban J connectivity index is 2.10. The molecule has 2 N–H and O–H groups in total. The van der Waals surface area contributed by atoms with Gasteiger partial charge in [0, 0.05) is 12.1 Å². The van der Waals surface area contributed by atoms with Crippen LogP contribution in [0.2, 0.25) is 0 Å². The third-order valence-electron chi connectivity index (χ3n) is 3.03. The maximum atomic E-state index is 11.6. The lowest BCUT2D eigenvalue weighted by Gasteiger charge is -2.20. The molecule has 6 heteroatoms. The number of carbonyl (C=O) groups excluding carboxylic acids is 2. The molecule has 1 unspecified atom stereocenters. The number of benzene rings is 1. The van der Waals surface area contributed by atoms with E-state index in [-0.39, 0.29) is 6.54 Å². The molecule has 1 aromatic carbocycles. The van der Waals surface area contributed by atoms with Crippen LogP contribution in [0.25, 0.3) is 0 Å². The molecule has 21 heavy (non-hydrogen) atoms. The van der Waals surface area contributed by atoms with Crippen LogP contribution in [0.4, 0.5) is 4.79 Å². The standard InChI is InChI=1S/C15H19NO5/c1-8-5-10-11(13(18)20-12(10)17)6-9(8)7-16-14(19)21-15(2,3)4/h5-6,13,18H,7H2,1-4H3,(H,16,19). The number of alkyl carbamates (subject to hydrolysis) is 1. The number of ether oxygens (including phenoxy) is 2. The van der Waals surface area contributed by atoms with Gasteiger partial charge in [0.25, 0.3) is 0 Å². The lowest BCUT2D eigenvalue weighted by molar-refractivity contribution is -0.0548. The SMILES string of the molecule is Cc1cc2c(cc1CNC(=O)OC(C)(C)C)C(O)OC2=O. The minimum absolute atomic E-state index is 0.245. The third-order valence-corrected chi connectivity index (χ3v) is 3.03. The summed E-state index contributed by atoms with van der Waals surface area (Å²) in [6.07, 6.45) is -1.76. The van der Waals surface area contributed by atoms with Gasteiger partial charge >= 0.3 is 12.1 Å². The number of esters is 1. The zero-order valence-corrected chi connectivity index (χ0v) is 12.5. The van der Waals surface area contributed by atoms with Gasteiger partial charge in [0.1, 0.15) is 5.60 Å². The molecule has 1 aromatic rings. The summed E-state index contributed by atoms with van der Waals surface area (Å²) in [5.74, 6) is -0.535. The van der Waals surface area contributed by atoms with E-state index in [2.05, 4.69) is 5.32 Å². The minimum Gasteiger partial charge on any atom is -0.444 e. The van der Waals surface area contributed by atoms with Crippen molar-refractivity contribution in [2.75, 3.05) is 0 Å². The number of hydrogen-bond donors (Lipinski definition) is 2. The van der Waals surface area contributed by atoms with Gasteiger partial charge in [-0.1, -0.05) is 0 Å². The van der Waals surface area contributed by atoms with Crippen LogP contribution in [0.15, 0.2) is 12.1 Å². The van der Waals surface area contributed by atoms with Crippen molar-refractivity contribution < 1.29 is 24.2 Å². The molecule has 0 saturated carbocycles. The zero-order valence-electron chi connectivity index (χ0n) is 12.5. The highest BCUT2D eigenvalue weighted by atomic mass is 16.6. The molecule has 1 atom stereocenters. The first-order chi connectivity index (χ1) is 9.67. The summed E-state index contributed by atoms with van der Waals surface area (Å²) in [4.78, 5) is 23.1. The summed E-state index contributed by atoms with van der Waals surface area (Å²) in [5.41, 5.74) is 1.84. The van der Waals surface area contributed by atoms with Crippen LogP contribution in [0.5, 0.6) is 0 Å². The normalized spacial score (nSPS) is 17.2. The number of rotatable bonds is 2. The summed E-state index contributed by atoms with van der Waals surface area (Å²) in [7, 11) is 0. The maximum absolute atomic E-state index is 11.6. The second kappa shape index (κ2) is 5.37. The van der Waals surface area contributed by atoms with E-state index in [1.54, 1.807) is 32.9 Å². The van der Waals surface area contributed by atoms with Crippen molar-refractivity contribution in [2.24, 2.45) is 0 Å². The van der Waals surface area contributed by atoms with Crippen molar-refractivity contribution >= 4 is 12.1 Å². The van der Waals surface area contributed by atoms with Gasteiger partial charge < -0.3 is 19.9 Å². The van der Waals surface area contributed by atoms with Crippen LogP contribution < -0.4 is 5.32 Å². The average Bonchev–Trinajstić information content (AvgIpc) is 2.59. The molecule has 0 fully saturated rings. The van der Waals surface area contributed by atoms with Crippen LogP contribution in [-0.4, -0.2) is 22.8 Å². The monoisotopic (exact) mass is 293 g/mol. The Bertz CT molecular complexity index is 588. The molecule has 0 radical (unpaired) electrons. The van der Waals surface area contributed by atoms with E-state index in [1.165, 1.54) is 0 Å². The van der Waals surface area contributed by atoms with E-state index in [4.69, 9.17) is 9.47 Å². The fourth-order valence-corrected chi connectivity index (χ4v) is 2.05. The lowest BCUT2D eigenvalue weighted by atomic mass is 10.00. The number of aliphatic hydroxyl groups excluding tert-OH is 1. The molecule has 1 heterocycles. The van der Waals surface area contributed by atoms with Crippen LogP contribution in [-0.2, 0) is 16.0 Å². The molecule has 0 aromatic heterocycles. The minimum atomic E-state index is -1.24. The molecule has 0 bridgehead atoms. The maximum Gasteiger partial charge on any atom is 0.407 e. The van der Waals surface area contributed by atoms with Crippen LogP contribution >= 0.6 is 0 Å². The van der Waals surface area contributed by atoms with E-state index < -0.39 is 24.0 Å². The first-order valence-electron chi connectivity index (χ1n) is 6.67. The number of aliphatic hydroxyl groups is 1. The number of cyclic esters (lactones) is 1. The number of carbonyl (C=O) groups is 2. The van der Waals surface area contributed by atoms with E-state index >= 15 is 0 Å². The van der Waals surface area contributed by atoms with Crippen molar-refractivity contribution in [3.63, 3.8) is 0 Å². The van der Waals surface area contributed by atoms with Gasteiger partial charge in [-0.3, -0.25) is 0 Å². The topological polar surface area (TPSA) is 84.9 Å². The molecule has 0 saturated heterocycles. The molecule has 6 nitrogen and oxygen atoms in total. The predicted octanol–water partition coefficient (Wildman–Crippen LogP) is 2.18. The summed E-state index contributed by atoms with van der Waals surface area (Å²) >= 11 is 0. The fraction of sp³-hybridized carbons (Fsp3) is 0.467. The summed E-state index contributed by atoms with van der Waals surface area (Å²) < 4.78 is 9.89. The van der Waals surface area contributed by atoms with Crippen molar-refractivity contribution in [3.8, 4) is 0 Å². The van der Waals surface area contributed by atoms with Crippen LogP contribution in [0.1, 0.15) is 54.1 Å². The molecular weight excluding hydrogens is 274 g/mol. The Hall–Kier alpha value is -2.08. The Morgan fingerprint density at radius 2 is 2.10 bits per heavy atom. The van der Waals surface area contributed by atoms with Crippen molar-refractivity contribution in [2.45, 2.75) is 46.1 Å². The first kappa shape index (κ1) is 15.3. The van der Waals surface area contributed by atoms with E-state index in [0.717, 1.165) is 11.1 Å². The van der Waals surface area contributed by atoms with Gasteiger partial charge in [-0.05, 0) is 51.0 Å². The molecule has 1 aliphatic rings. The third kappa shape index (κ3) is 3.52. The van der Waals surface area contributed by atoms with Crippen molar-refractivity contribution in [3.05, 3.63) is 34.4 Å². The van der Waals surface area contributed by atoms with E-state index in [9.17, 15) is 14.7 Å². The summed E-state index contributed by atoms with van der Waals surface area (Å²) in [6, 6.07) is 3.32. The van der Waals surface area contributed by atoms with Gasteiger partial charge in [0.15, 0.2) is 0 Å². The molecule has 2 rings (SSSR count). The highest BCUT2D eigenvalue weighted by Gasteiger charge is 2.30. The fourth-order valence-electron chi connectivity index (χ4n) is 2.05. The van der Waals surface area contributed by atoms with Gasteiger partial charge in [-0.25, -0.2) is 9.59 Å². The quantitative estimate of drug-likeness (QED) is 0.816. The van der Waals surface area contributed by atoms with E-state index in [0.29, 0.717) is 11.1 Å². The largest absolute Gasteiger partial charge is 0.444 e. The highest BCUT2D eigenvalue weighted by molar-refractivity contribution is 5.94. The molecule has 1 aliphatic heterocycles. The second-order valence-corrected chi connectivity index (χ2v) is 5.98. The smallest absolute Gasteiger partial charge is 0.407 e. The van der Waals surface area contributed by atoms with E-state index in [1.807, 2.05) is 6.92 Å². The van der Waals surface area contributed by atoms with Crippen molar-refractivity contribution in [1.29, 1.82) is 0 Å². The molecule has 0 spiro atoms. The Morgan fingerprint density at radius 1 is 1.43 bits per heavy atom. The molecule has 1 amide bonds. The van der Waals surface area contributed by atoms with Gasteiger partial charge in [0.05, 0.1) is 5.56 Å². The highest BCUT2D eigenvalue weighted by Crippen LogP contribution is 2.30. The van der Waals surface area contributed by atoms with Crippen molar-refractivity contribution in [1.82, 2.24) is 5.32 Å². The number of fused-ring (bicyclic) bond motifs is 1. The Labute approximate surface area is 123 Å². The second-order valence-electron chi connectivity index (χ2n) is 5.98. The van der Waals surface area contributed by atoms with Gasteiger partial charge in [-0.2, -0.15) is 0 Å². The Kier molecular flexibility index (Phi) is 3.91. The Morgan fingerprint density at radius 3 is 2.71 bits per heavy atom. The average molecular weight is 293 g/mol. The molecular formula is C15H19NO5. The number of hydrogen-bond acceptors (Lipinski definition) is 5. The lowest BCUT2D eigenvalue weighted by Crippen LogP contribution is -2.32. The van der Waals surface area contributed by atoms with Gasteiger partial charge in [0.2, 0.25) is 6.29 Å². The van der Waals surface area contributed by atoms with Crippen LogP contribution in [0.3, 0.4) is 0 Å². The number of amides is 1. The number of aryl methyl sites for hydroxylation is 1.